The van der Waals surface area contributed by atoms with Crippen LogP contribution in [0, 0.1) is 12.8 Å². The van der Waals surface area contributed by atoms with Gasteiger partial charge in [-0.25, -0.2) is 0 Å². The topological polar surface area (TPSA) is 75.7 Å². The Bertz CT molecular complexity index is 957. The lowest BCUT2D eigenvalue weighted by molar-refractivity contribution is -0.151. The van der Waals surface area contributed by atoms with Gasteiger partial charge in [-0.1, -0.05) is 23.8 Å². The summed E-state index contributed by atoms with van der Waals surface area (Å²) in [4.78, 5) is 37.9. The Labute approximate surface area is 170 Å². The Morgan fingerprint density at radius 3 is 2.53 bits per heavy atom. The highest BCUT2D eigenvalue weighted by Crippen LogP contribution is 2.30. The second kappa shape index (κ2) is 8.56. The first-order valence-electron chi connectivity index (χ1n) is 9.14. The lowest BCUT2D eigenvalue weighted by Gasteiger charge is -2.16. The molecule has 0 spiro atoms. The van der Waals surface area contributed by atoms with Crippen LogP contribution in [0.5, 0.6) is 0 Å². The van der Waals surface area contributed by atoms with E-state index in [-0.39, 0.29) is 24.6 Å². The summed E-state index contributed by atoms with van der Waals surface area (Å²) in [6.07, 6.45) is -4.58. The van der Waals surface area contributed by atoms with Gasteiger partial charge in [0.25, 0.3) is 5.91 Å². The van der Waals surface area contributed by atoms with Crippen molar-refractivity contribution in [3.05, 3.63) is 59.7 Å². The number of nitrogens with one attached hydrogen (secondary N) is 1. The molecule has 0 aliphatic carbocycles. The van der Waals surface area contributed by atoms with E-state index in [1.165, 1.54) is 11.0 Å². The zero-order chi connectivity index (χ0) is 21.9. The molecule has 0 bridgehead atoms. The Morgan fingerprint density at radius 1 is 1.17 bits per heavy atom. The van der Waals surface area contributed by atoms with Gasteiger partial charge in [0.15, 0.2) is 6.61 Å². The first-order chi connectivity index (χ1) is 14.1. The van der Waals surface area contributed by atoms with Gasteiger partial charge in [0.2, 0.25) is 5.91 Å². The molecule has 2 aromatic carbocycles. The molecule has 1 saturated heterocycles. The molecule has 6 nitrogen and oxygen atoms in total. The molecule has 0 aromatic heterocycles. The van der Waals surface area contributed by atoms with Crippen LogP contribution in [0.3, 0.4) is 0 Å². The van der Waals surface area contributed by atoms with E-state index in [0.717, 1.165) is 23.8 Å². The van der Waals surface area contributed by atoms with Crippen molar-refractivity contribution in [1.29, 1.82) is 0 Å². The largest absolute Gasteiger partial charge is 0.455 e. The number of carbonyl (C=O) groups excluding carboxylic acids is 3. The van der Waals surface area contributed by atoms with E-state index in [4.69, 9.17) is 4.74 Å². The molecule has 158 valence electrons. The highest BCUT2D eigenvalue weighted by Gasteiger charge is 2.36. The first kappa shape index (κ1) is 21.4. The smallest absolute Gasteiger partial charge is 0.416 e. The molecule has 0 radical (unpaired) electrons. The maximum atomic E-state index is 12.7. The van der Waals surface area contributed by atoms with Crippen molar-refractivity contribution in [3.8, 4) is 0 Å². The van der Waals surface area contributed by atoms with Crippen LogP contribution in [0.15, 0.2) is 48.5 Å². The molecule has 1 aliphatic heterocycles. The van der Waals surface area contributed by atoms with Crippen molar-refractivity contribution in [2.75, 3.05) is 23.4 Å². The second-order valence-electron chi connectivity index (χ2n) is 6.98. The van der Waals surface area contributed by atoms with Crippen molar-refractivity contribution >= 4 is 29.2 Å². The molecule has 3 rings (SSSR count). The molecule has 1 atom stereocenters. The fourth-order valence-corrected chi connectivity index (χ4v) is 3.06. The van der Waals surface area contributed by atoms with Gasteiger partial charge in [0.05, 0.1) is 11.5 Å². The molecule has 30 heavy (non-hydrogen) atoms. The maximum absolute atomic E-state index is 12.7. The van der Waals surface area contributed by atoms with Gasteiger partial charge >= 0.3 is 12.1 Å². The van der Waals surface area contributed by atoms with E-state index in [9.17, 15) is 27.6 Å². The fourth-order valence-electron chi connectivity index (χ4n) is 3.06. The summed E-state index contributed by atoms with van der Waals surface area (Å²) in [6.45, 7) is 1.39. The number of benzene rings is 2. The molecule has 0 saturated carbocycles. The van der Waals surface area contributed by atoms with Crippen LogP contribution in [0.2, 0.25) is 0 Å². The van der Waals surface area contributed by atoms with E-state index in [1.807, 2.05) is 19.1 Å². The van der Waals surface area contributed by atoms with Gasteiger partial charge in [0.1, 0.15) is 0 Å². The Hall–Kier alpha value is -3.36. The quantitative estimate of drug-likeness (QED) is 0.751. The SMILES string of the molecule is Cc1ccc(N2C[C@H](C(=O)OCC(=O)Nc3cccc(C(F)(F)F)c3)CC2=O)cc1. The third-order valence-electron chi connectivity index (χ3n) is 4.62. The zero-order valence-corrected chi connectivity index (χ0v) is 16.0. The molecule has 2 aromatic rings. The van der Waals surface area contributed by atoms with Crippen molar-refractivity contribution in [1.82, 2.24) is 0 Å². The molecule has 0 unspecified atom stereocenters. The average molecular weight is 420 g/mol. The molecule has 1 fully saturated rings. The minimum atomic E-state index is -4.54. The summed E-state index contributed by atoms with van der Waals surface area (Å²) in [5, 5.41) is 2.26. The summed E-state index contributed by atoms with van der Waals surface area (Å²) in [5.41, 5.74) is 0.738. The lowest BCUT2D eigenvalue weighted by atomic mass is 10.1. The van der Waals surface area contributed by atoms with Crippen LogP contribution in [0.4, 0.5) is 24.5 Å². The van der Waals surface area contributed by atoms with Crippen molar-refractivity contribution in [2.45, 2.75) is 19.5 Å². The Morgan fingerprint density at radius 2 is 1.87 bits per heavy atom. The normalized spacial score (nSPS) is 16.5. The standard InChI is InChI=1S/C21H19F3N2O4/c1-13-5-7-17(8-6-13)26-11-14(9-19(26)28)20(29)30-12-18(27)25-16-4-2-3-15(10-16)21(22,23)24/h2-8,10,14H,9,11-12H2,1H3,(H,25,27)/t14-/m1/s1. The molecule has 2 amide bonds. The number of rotatable bonds is 5. The summed E-state index contributed by atoms with van der Waals surface area (Å²) >= 11 is 0. The van der Waals surface area contributed by atoms with E-state index in [2.05, 4.69) is 5.32 Å². The van der Waals surface area contributed by atoms with Gasteiger partial charge in [-0.15, -0.1) is 0 Å². The second-order valence-corrected chi connectivity index (χ2v) is 6.98. The van der Waals surface area contributed by atoms with Crippen LogP contribution in [-0.4, -0.2) is 30.9 Å². The van der Waals surface area contributed by atoms with Crippen LogP contribution < -0.4 is 10.2 Å². The summed E-state index contributed by atoms with van der Waals surface area (Å²) < 4.78 is 43.1. The number of ether oxygens (including phenoxy) is 1. The van der Waals surface area contributed by atoms with Gasteiger partial charge in [0, 0.05) is 24.3 Å². The number of carbonyl (C=O) groups is 3. The minimum Gasteiger partial charge on any atom is -0.455 e. The minimum absolute atomic E-state index is 0.0397. The van der Waals surface area contributed by atoms with Crippen LogP contribution >= 0.6 is 0 Å². The average Bonchev–Trinajstić information content (AvgIpc) is 3.08. The first-order valence-corrected chi connectivity index (χ1v) is 9.14. The third-order valence-corrected chi connectivity index (χ3v) is 4.62. The number of hydrogen-bond acceptors (Lipinski definition) is 4. The molecular weight excluding hydrogens is 401 g/mol. The zero-order valence-electron chi connectivity index (χ0n) is 16.0. The predicted molar refractivity (Wildman–Crippen MR) is 103 cm³/mol. The van der Waals surface area contributed by atoms with Crippen LogP contribution in [0.25, 0.3) is 0 Å². The number of esters is 1. The third kappa shape index (κ3) is 5.16. The number of amides is 2. The molecule has 1 N–H and O–H groups in total. The van der Waals surface area contributed by atoms with Gasteiger partial charge in [-0.2, -0.15) is 13.2 Å². The maximum Gasteiger partial charge on any atom is 0.416 e. The monoisotopic (exact) mass is 420 g/mol. The van der Waals surface area contributed by atoms with E-state index >= 15 is 0 Å². The number of anilines is 2. The van der Waals surface area contributed by atoms with E-state index in [1.54, 1.807) is 12.1 Å². The van der Waals surface area contributed by atoms with Crippen molar-refractivity contribution in [2.24, 2.45) is 5.92 Å². The molecule has 9 heteroatoms. The number of hydrogen-bond donors (Lipinski definition) is 1. The van der Waals surface area contributed by atoms with Gasteiger partial charge in [-0.3, -0.25) is 14.4 Å². The summed E-state index contributed by atoms with van der Waals surface area (Å²) in [5.74, 6) is -2.44. The number of nitrogens with zero attached hydrogens (tertiary/aromatic N) is 1. The van der Waals surface area contributed by atoms with Crippen molar-refractivity contribution < 1.29 is 32.3 Å². The number of aryl methyl sites for hydroxylation is 1. The Balaban J connectivity index is 1.52. The predicted octanol–water partition coefficient (Wildman–Crippen LogP) is 3.55. The summed E-state index contributed by atoms with van der Waals surface area (Å²) in [7, 11) is 0. The van der Waals surface area contributed by atoms with E-state index in [0.29, 0.717) is 5.69 Å². The number of alkyl halides is 3. The lowest BCUT2D eigenvalue weighted by Crippen LogP contribution is -2.28. The van der Waals surface area contributed by atoms with Gasteiger partial charge < -0.3 is 15.0 Å². The van der Waals surface area contributed by atoms with Crippen molar-refractivity contribution in [3.63, 3.8) is 0 Å². The highest BCUT2D eigenvalue weighted by molar-refractivity contribution is 6.00. The van der Waals surface area contributed by atoms with Crippen LogP contribution in [0.1, 0.15) is 17.5 Å². The fraction of sp³-hybridized carbons (Fsp3) is 0.286. The highest BCUT2D eigenvalue weighted by atomic mass is 19.4. The molecular formula is C21H19F3N2O4. The Kier molecular flexibility index (Phi) is 6.09. The number of halogens is 3. The molecule has 1 heterocycles. The molecule has 1 aliphatic rings. The van der Waals surface area contributed by atoms with E-state index < -0.39 is 36.1 Å². The summed E-state index contributed by atoms with van der Waals surface area (Å²) in [6, 6.07) is 11.4. The van der Waals surface area contributed by atoms with Gasteiger partial charge in [-0.05, 0) is 37.3 Å². The van der Waals surface area contributed by atoms with Crippen LogP contribution in [-0.2, 0) is 25.3 Å².